The number of anilines is 1. The number of nitrogens with zero attached hydrogens (tertiary/aromatic N) is 1. The molecule has 0 fully saturated rings. The number of amides is 1. The molecule has 0 radical (unpaired) electrons. The first kappa shape index (κ1) is 10.7. The minimum Gasteiger partial charge on any atom is -0.311 e. The van der Waals surface area contributed by atoms with Crippen LogP contribution in [0.1, 0.15) is 23.0 Å². The van der Waals surface area contributed by atoms with Crippen LogP contribution in [-0.4, -0.2) is 17.2 Å². The van der Waals surface area contributed by atoms with Gasteiger partial charge in [0.25, 0.3) is 0 Å². The molecule has 1 aromatic heterocycles. The highest BCUT2D eigenvalue weighted by molar-refractivity contribution is 6.17. The third-order valence-electron chi connectivity index (χ3n) is 1.48. The maximum absolute atomic E-state index is 10.7. The zero-order valence-corrected chi connectivity index (χ0v) is 8.34. The lowest BCUT2D eigenvalue weighted by Gasteiger charge is -2.03. The van der Waals surface area contributed by atoms with Gasteiger partial charge in [0.1, 0.15) is 11.5 Å². The van der Waals surface area contributed by atoms with E-state index in [1.165, 1.54) is 6.92 Å². The Morgan fingerprint density at radius 2 is 2.36 bits per heavy atom. The summed E-state index contributed by atoms with van der Waals surface area (Å²) in [6.07, 6.45) is 0.612. The zero-order chi connectivity index (χ0) is 10.6. The standard InChI is InChI=1S/C9H9ClN2O2/c1-6(14)11-9-3-7(4-10)2-8(5-13)12-9/h2-3,5H,4H2,1H3,(H,11,12,14). The molecule has 14 heavy (non-hydrogen) atoms. The van der Waals surface area contributed by atoms with Gasteiger partial charge in [0.05, 0.1) is 0 Å². The van der Waals surface area contributed by atoms with Crippen molar-refractivity contribution in [2.24, 2.45) is 0 Å². The molecular weight excluding hydrogens is 204 g/mol. The van der Waals surface area contributed by atoms with Crippen LogP contribution in [-0.2, 0) is 10.7 Å². The third kappa shape index (κ3) is 2.81. The van der Waals surface area contributed by atoms with E-state index >= 15 is 0 Å². The summed E-state index contributed by atoms with van der Waals surface area (Å²) < 4.78 is 0. The molecule has 0 aromatic carbocycles. The minimum atomic E-state index is -0.235. The molecule has 0 atom stereocenters. The lowest BCUT2D eigenvalue weighted by molar-refractivity contribution is -0.114. The molecule has 4 nitrogen and oxygen atoms in total. The molecule has 0 aliphatic heterocycles. The van der Waals surface area contributed by atoms with Crippen molar-refractivity contribution in [3.05, 3.63) is 23.4 Å². The molecule has 0 saturated carbocycles. The van der Waals surface area contributed by atoms with Crippen LogP contribution >= 0.6 is 11.6 Å². The fourth-order valence-corrected chi connectivity index (χ4v) is 1.15. The van der Waals surface area contributed by atoms with Crippen molar-refractivity contribution in [1.29, 1.82) is 0 Å². The number of carbonyl (C=O) groups excluding carboxylic acids is 2. The van der Waals surface area contributed by atoms with E-state index in [0.29, 0.717) is 12.1 Å². The monoisotopic (exact) mass is 212 g/mol. The first-order valence-corrected chi connectivity index (χ1v) is 4.49. The second kappa shape index (κ2) is 4.72. The average Bonchev–Trinajstić information content (AvgIpc) is 2.16. The summed E-state index contributed by atoms with van der Waals surface area (Å²) in [6, 6.07) is 3.20. The molecule has 1 heterocycles. The quantitative estimate of drug-likeness (QED) is 0.612. The Morgan fingerprint density at radius 3 is 2.86 bits per heavy atom. The van der Waals surface area contributed by atoms with Crippen molar-refractivity contribution >= 4 is 29.6 Å². The van der Waals surface area contributed by atoms with E-state index in [-0.39, 0.29) is 17.5 Å². The number of aromatic nitrogens is 1. The maximum Gasteiger partial charge on any atom is 0.222 e. The van der Waals surface area contributed by atoms with Crippen molar-refractivity contribution in [2.45, 2.75) is 12.8 Å². The average molecular weight is 213 g/mol. The number of nitrogens with one attached hydrogen (secondary N) is 1. The van der Waals surface area contributed by atoms with Gasteiger partial charge in [-0.2, -0.15) is 0 Å². The Labute approximate surface area is 86.3 Å². The number of carbonyl (C=O) groups is 2. The number of hydrogen-bond acceptors (Lipinski definition) is 3. The fraction of sp³-hybridized carbons (Fsp3) is 0.222. The largest absolute Gasteiger partial charge is 0.311 e. The van der Waals surface area contributed by atoms with E-state index in [0.717, 1.165) is 5.56 Å². The predicted molar refractivity (Wildman–Crippen MR) is 53.5 cm³/mol. The topological polar surface area (TPSA) is 59.1 Å². The molecule has 1 aromatic rings. The molecule has 5 heteroatoms. The maximum atomic E-state index is 10.7. The van der Waals surface area contributed by atoms with Crippen LogP contribution in [0.5, 0.6) is 0 Å². The van der Waals surface area contributed by atoms with Crippen molar-refractivity contribution in [3.8, 4) is 0 Å². The van der Waals surface area contributed by atoms with Gasteiger partial charge in [0.15, 0.2) is 6.29 Å². The van der Waals surface area contributed by atoms with Crippen molar-refractivity contribution < 1.29 is 9.59 Å². The molecule has 0 unspecified atom stereocenters. The van der Waals surface area contributed by atoms with Crippen LogP contribution in [0.3, 0.4) is 0 Å². The molecular formula is C9H9ClN2O2. The van der Waals surface area contributed by atoms with E-state index in [1.54, 1.807) is 12.1 Å². The first-order valence-electron chi connectivity index (χ1n) is 3.95. The highest BCUT2D eigenvalue weighted by Gasteiger charge is 2.02. The van der Waals surface area contributed by atoms with Crippen LogP contribution in [0.4, 0.5) is 5.82 Å². The summed E-state index contributed by atoms with van der Waals surface area (Å²) in [7, 11) is 0. The van der Waals surface area contributed by atoms with Gasteiger partial charge in [-0.1, -0.05) is 0 Å². The lowest BCUT2D eigenvalue weighted by Crippen LogP contribution is -2.08. The summed E-state index contributed by atoms with van der Waals surface area (Å²) in [5.74, 6) is 0.384. The number of aldehydes is 1. The van der Waals surface area contributed by atoms with Gasteiger partial charge >= 0.3 is 0 Å². The van der Waals surface area contributed by atoms with Crippen molar-refractivity contribution in [3.63, 3.8) is 0 Å². The highest BCUT2D eigenvalue weighted by Crippen LogP contribution is 2.11. The van der Waals surface area contributed by atoms with E-state index in [9.17, 15) is 9.59 Å². The van der Waals surface area contributed by atoms with Crippen LogP contribution in [0, 0.1) is 0 Å². The fourth-order valence-electron chi connectivity index (χ4n) is 0.993. The normalized spacial score (nSPS) is 9.57. The van der Waals surface area contributed by atoms with E-state index in [2.05, 4.69) is 10.3 Å². The second-order valence-electron chi connectivity index (χ2n) is 2.72. The molecule has 74 valence electrons. The van der Waals surface area contributed by atoms with Gasteiger partial charge in [-0.15, -0.1) is 11.6 Å². The number of pyridine rings is 1. The first-order chi connectivity index (χ1) is 6.65. The van der Waals surface area contributed by atoms with Gasteiger partial charge in [-0.05, 0) is 17.7 Å². The summed E-state index contributed by atoms with van der Waals surface area (Å²) in [4.78, 5) is 25.1. The Bertz CT molecular complexity index is 366. The minimum absolute atomic E-state index is 0.235. The van der Waals surface area contributed by atoms with Gasteiger partial charge in [-0.25, -0.2) is 4.98 Å². The Kier molecular flexibility index (Phi) is 3.59. The molecule has 0 aliphatic carbocycles. The summed E-state index contributed by atoms with van der Waals surface area (Å²) in [5, 5.41) is 2.49. The highest BCUT2D eigenvalue weighted by atomic mass is 35.5. The number of halogens is 1. The molecule has 0 bridgehead atoms. The Balaban J connectivity index is 3.03. The third-order valence-corrected chi connectivity index (χ3v) is 1.79. The van der Waals surface area contributed by atoms with Crippen molar-refractivity contribution in [2.75, 3.05) is 5.32 Å². The van der Waals surface area contributed by atoms with Gasteiger partial charge in [0, 0.05) is 12.8 Å². The van der Waals surface area contributed by atoms with E-state index in [4.69, 9.17) is 11.6 Å². The predicted octanol–water partition coefficient (Wildman–Crippen LogP) is 1.59. The van der Waals surface area contributed by atoms with Crippen LogP contribution in [0.15, 0.2) is 12.1 Å². The summed E-state index contributed by atoms with van der Waals surface area (Å²) >= 11 is 5.61. The number of rotatable bonds is 3. The van der Waals surface area contributed by atoms with Crippen LogP contribution in [0.2, 0.25) is 0 Å². The number of alkyl halides is 1. The van der Waals surface area contributed by atoms with Gasteiger partial charge < -0.3 is 5.32 Å². The Hall–Kier alpha value is -1.42. The lowest BCUT2D eigenvalue weighted by atomic mass is 10.2. The summed E-state index contributed by atoms with van der Waals surface area (Å²) in [6.45, 7) is 1.37. The van der Waals surface area contributed by atoms with Gasteiger partial charge in [-0.3, -0.25) is 9.59 Å². The van der Waals surface area contributed by atoms with Crippen LogP contribution in [0.25, 0.3) is 0 Å². The molecule has 0 spiro atoms. The molecule has 1 rings (SSSR count). The van der Waals surface area contributed by atoms with Crippen LogP contribution < -0.4 is 5.32 Å². The SMILES string of the molecule is CC(=O)Nc1cc(CCl)cc(C=O)n1. The van der Waals surface area contributed by atoms with E-state index in [1.807, 2.05) is 0 Å². The second-order valence-corrected chi connectivity index (χ2v) is 2.99. The molecule has 0 saturated heterocycles. The van der Waals surface area contributed by atoms with Crippen molar-refractivity contribution in [1.82, 2.24) is 4.98 Å². The number of hydrogen-bond donors (Lipinski definition) is 1. The molecule has 0 aliphatic rings. The summed E-state index contributed by atoms with van der Waals surface area (Å²) in [5.41, 5.74) is 0.999. The Morgan fingerprint density at radius 1 is 1.64 bits per heavy atom. The molecule has 1 amide bonds. The smallest absolute Gasteiger partial charge is 0.222 e. The molecule has 1 N–H and O–H groups in total. The zero-order valence-electron chi connectivity index (χ0n) is 7.58. The van der Waals surface area contributed by atoms with E-state index < -0.39 is 0 Å². The van der Waals surface area contributed by atoms with Gasteiger partial charge in [0.2, 0.25) is 5.91 Å².